The zero-order valence-corrected chi connectivity index (χ0v) is 9.03. The fraction of sp³-hybridized carbons (Fsp3) is 0. The summed E-state index contributed by atoms with van der Waals surface area (Å²) in [5, 5.41) is 12.6. The number of pyridine rings is 1. The molecule has 0 spiro atoms. The lowest BCUT2D eigenvalue weighted by Crippen LogP contribution is -1.85. The average Bonchev–Trinajstić information content (AvgIpc) is 3.09. The number of aromatic amines is 1. The maximum atomic E-state index is 8.77. The molecule has 86 valence electrons. The van der Waals surface area contributed by atoms with Crippen LogP contribution in [0.1, 0.15) is 5.69 Å². The zero-order valence-electron chi connectivity index (χ0n) is 9.03. The normalized spacial score (nSPS) is 10.2. The van der Waals surface area contributed by atoms with Gasteiger partial charge in [0.25, 0.3) is 5.89 Å². The van der Waals surface area contributed by atoms with Gasteiger partial charge in [0.15, 0.2) is 5.82 Å². The van der Waals surface area contributed by atoms with Gasteiger partial charge in [0.05, 0.1) is 0 Å². The van der Waals surface area contributed by atoms with Crippen LogP contribution in [0.4, 0.5) is 0 Å². The first-order chi connectivity index (χ1) is 8.86. The van der Waals surface area contributed by atoms with Gasteiger partial charge in [-0.15, -0.1) is 0 Å². The molecule has 0 aromatic carbocycles. The number of nitrogens with zero attached hydrogens (tertiary/aromatic N) is 5. The molecule has 0 aliphatic heterocycles. The van der Waals surface area contributed by atoms with Gasteiger partial charge in [-0.2, -0.15) is 10.2 Å². The molecule has 0 saturated carbocycles. The molecular weight excluding hydrogens is 232 g/mol. The summed E-state index contributed by atoms with van der Waals surface area (Å²) in [4.78, 5) is 15.0. The summed E-state index contributed by atoms with van der Waals surface area (Å²) in [5.74, 6) is 1.21. The summed E-state index contributed by atoms with van der Waals surface area (Å²) in [5.41, 5.74) is 0.942. The molecule has 3 rings (SSSR count). The first-order valence-electron chi connectivity index (χ1n) is 5.07. The van der Waals surface area contributed by atoms with Crippen LogP contribution in [0.5, 0.6) is 0 Å². The Morgan fingerprint density at radius 3 is 3.00 bits per heavy atom. The number of rotatable bonds is 2. The van der Waals surface area contributed by atoms with Crippen LogP contribution < -0.4 is 0 Å². The second-order valence-electron chi connectivity index (χ2n) is 3.40. The SMILES string of the molecule is N#Cc1cc(-c2nc(-c3ncc[nH]3)no2)ccn1. The predicted molar refractivity (Wildman–Crippen MR) is 59.8 cm³/mol. The minimum absolute atomic E-state index is 0.297. The van der Waals surface area contributed by atoms with Crippen molar-refractivity contribution < 1.29 is 4.52 Å². The molecule has 7 nitrogen and oxygen atoms in total. The molecule has 0 aliphatic rings. The fourth-order valence-electron chi connectivity index (χ4n) is 1.45. The van der Waals surface area contributed by atoms with Crippen LogP contribution in [0.15, 0.2) is 35.2 Å². The fourth-order valence-corrected chi connectivity index (χ4v) is 1.45. The number of hydrogen-bond donors (Lipinski definition) is 1. The van der Waals surface area contributed by atoms with Crippen molar-refractivity contribution in [3.05, 3.63) is 36.4 Å². The second-order valence-corrected chi connectivity index (χ2v) is 3.40. The largest absolute Gasteiger partial charge is 0.342 e. The van der Waals surface area contributed by atoms with Gasteiger partial charge in [0, 0.05) is 24.2 Å². The van der Waals surface area contributed by atoms with Crippen molar-refractivity contribution in [3.8, 4) is 29.2 Å². The van der Waals surface area contributed by atoms with Gasteiger partial charge in [0.1, 0.15) is 11.8 Å². The van der Waals surface area contributed by atoms with Crippen molar-refractivity contribution in [2.45, 2.75) is 0 Å². The second kappa shape index (κ2) is 4.10. The third-order valence-electron chi connectivity index (χ3n) is 2.26. The summed E-state index contributed by atoms with van der Waals surface area (Å²) in [6.07, 6.45) is 4.79. The monoisotopic (exact) mass is 238 g/mol. The number of H-pyrrole nitrogens is 1. The van der Waals surface area contributed by atoms with Crippen LogP contribution in [-0.2, 0) is 0 Å². The smallest absolute Gasteiger partial charge is 0.258 e. The van der Waals surface area contributed by atoms with E-state index >= 15 is 0 Å². The standard InChI is InChI=1S/C11H6N6O/c12-6-8-5-7(1-2-13-8)11-16-10(17-18-11)9-14-3-4-15-9/h1-5H,(H,14,15). The molecule has 3 heterocycles. The summed E-state index contributed by atoms with van der Waals surface area (Å²) in [7, 11) is 0. The third-order valence-corrected chi connectivity index (χ3v) is 2.26. The van der Waals surface area contributed by atoms with Gasteiger partial charge in [-0.25, -0.2) is 9.97 Å². The van der Waals surface area contributed by atoms with Crippen LogP contribution in [-0.4, -0.2) is 25.1 Å². The van der Waals surface area contributed by atoms with E-state index in [1.165, 1.54) is 6.20 Å². The van der Waals surface area contributed by atoms with Gasteiger partial charge in [-0.1, -0.05) is 5.16 Å². The molecule has 0 atom stereocenters. The molecule has 18 heavy (non-hydrogen) atoms. The molecule has 7 heteroatoms. The molecule has 0 saturated heterocycles. The summed E-state index contributed by atoms with van der Waals surface area (Å²) >= 11 is 0. The molecule has 0 aliphatic carbocycles. The van der Waals surface area contributed by atoms with E-state index in [1.54, 1.807) is 24.5 Å². The van der Waals surface area contributed by atoms with Crippen molar-refractivity contribution in [1.82, 2.24) is 25.1 Å². The van der Waals surface area contributed by atoms with Crippen molar-refractivity contribution in [2.75, 3.05) is 0 Å². The highest BCUT2D eigenvalue weighted by Crippen LogP contribution is 2.20. The number of nitriles is 1. The topological polar surface area (TPSA) is 104 Å². The van der Waals surface area contributed by atoms with E-state index < -0.39 is 0 Å². The lowest BCUT2D eigenvalue weighted by atomic mass is 10.2. The highest BCUT2D eigenvalue weighted by Gasteiger charge is 2.12. The minimum atomic E-state index is 0.297. The van der Waals surface area contributed by atoms with E-state index in [0.29, 0.717) is 28.8 Å². The van der Waals surface area contributed by atoms with Gasteiger partial charge in [-0.05, 0) is 12.1 Å². The molecule has 0 fully saturated rings. The van der Waals surface area contributed by atoms with Crippen LogP contribution in [0.25, 0.3) is 23.1 Å². The first-order valence-corrected chi connectivity index (χ1v) is 5.07. The highest BCUT2D eigenvalue weighted by molar-refractivity contribution is 5.56. The Kier molecular flexibility index (Phi) is 2.32. The molecule has 0 bridgehead atoms. The van der Waals surface area contributed by atoms with Gasteiger partial charge >= 0.3 is 0 Å². The maximum Gasteiger partial charge on any atom is 0.258 e. The van der Waals surface area contributed by atoms with E-state index in [4.69, 9.17) is 9.78 Å². The molecule has 3 aromatic heterocycles. The van der Waals surface area contributed by atoms with Crippen LogP contribution in [0, 0.1) is 11.3 Å². The lowest BCUT2D eigenvalue weighted by Gasteiger charge is -1.92. The van der Waals surface area contributed by atoms with E-state index in [-0.39, 0.29) is 0 Å². The Balaban J connectivity index is 2.01. The van der Waals surface area contributed by atoms with Crippen molar-refractivity contribution in [1.29, 1.82) is 5.26 Å². The number of nitrogens with one attached hydrogen (secondary N) is 1. The van der Waals surface area contributed by atoms with Gasteiger partial charge in [0.2, 0.25) is 5.82 Å². The molecule has 3 aromatic rings. The molecule has 0 amide bonds. The Labute approximate surface area is 101 Å². The van der Waals surface area contributed by atoms with Crippen molar-refractivity contribution in [3.63, 3.8) is 0 Å². The average molecular weight is 238 g/mol. The lowest BCUT2D eigenvalue weighted by molar-refractivity contribution is 0.432. The van der Waals surface area contributed by atoms with E-state index in [0.717, 1.165) is 0 Å². The van der Waals surface area contributed by atoms with E-state index in [9.17, 15) is 0 Å². The zero-order chi connectivity index (χ0) is 12.4. The summed E-state index contributed by atoms with van der Waals surface area (Å²) < 4.78 is 5.12. The Morgan fingerprint density at radius 2 is 2.22 bits per heavy atom. The third kappa shape index (κ3) is 1.72. The minimum Gasteiger partial charge on any atom is -0.342 e. The van der Waals surface area contributed by atoms with E-state index in [1.807, 2.05) is 6.07 Å². The van der Waals surface area contributed by atoms with Gasteiger partial charge in [-0.3, -0.25) is 0 Å². The Morgan fingerprint density at radius 1 is 1.28 bits per heavy atom. The molecule has 1 N–H and O–H groups in total. The summed E-state index contributed by atoms with van der Waals surface area (Å²) in [6.45, 7) is 0. The predicted octanol–water partition coefficient (Wildman–Crippen LogP) is 1.39. The van der Waals surface area contributed by atoms with Crippen molar-refractivity contribution >= 4 is 0 Å². The highest BCUT2D eigenvalue weighted by atomic mass is 16.5. The number of aromatic nitrogens is 5. The Bertz CT molecular complexity index is 709. The number of hydrogen-bond acceptors (Lipinski definition) is 6. The summed E-state index contributed by atoms with van der Waals surface area (Å²) in [6, 6.07) is 5.23. The van der Waals surface area contributed by atoms with Crippen LogP contribution >= 0.6 is 0 Å². The van der Waals surface area contributed by atoms with Crippen LogP contribution in [0.3, 0.4) is 0 Å². The molecule has 0 radical (unpaired) electrons. The van der Waals surface area contributed by atoms with Crippen LogP contribution in [0.2, 0.25) is 0 Å². The molecule has 0 unspecified atom stereocenters. The first kappa shape index (κ1) is 10.2. The maximum absolute atomic E-state index is 8.77. The quantitative estimate of drug-likeness (QED) is 0.723. The van der Waals surface area contributed by atoms with Gasteiger partial charge < -0.3 is 9.51 Å². The van der Waals surface area contributed by atoms with Crippen molar-refractivity contribution in [2.24, 2.45) is 0 Å². The molecular formula is C11H6N6O. The van der Waals surface area contributed by atoms with E-state index in [2.05, 4.69) is 25.1 Å². The Hall–Kier alpha value is -3.01. The number of imidazole rings is 1.